The zero-order chi connectivity index (χ0) is 10.2. The standard InChI is InChI=1S/C9H19NO2S/c1-7(2)9-5-6-10(8(3)4)13(9,11)12/h7-9H,5-6H2,1-4H3. The van der Waals surface area contributed by atoms with Gasteiger partial charge < -0.3 is 0 Å². The van der Waals surface area contributed by atoms with Crippen molar-refractivity contribution >= 4 is 10.0 Å². The van der Waals surface area contributed by atoms with E-state index in [9.17, 15) is 8.42 Å². The first-order valence-corrected chi connectivity index (χ1v) is 6.38. The van der Waals surface area contributed by atoms with E-state index in [4.69, 9.17) is 0 Å². The molecule has 1 aliphatic heterocycles. The number of hydrogen-bond donors (Lipinski definition) is 0. The van der Waals surface area contributed by atoms with Crippen molar-refractivity contribution in [1.29, 1.82) is 0 Å². The van der Waals surface area contributed by atoms with Crippen LogP contribution in [0.3, 0.4) is 0 Å². The molecule has 1 unspecified atom stereocenters. The molecule has 1 rings (SSSR count). The van der Waals surface area contributed by atoms with E-state index in [-0.39, 0.29) is 17.2 Å². The van der Waals surface area contributed by atoms with Crippen LogP contribution >= 0.6 is 0 Å². The highest BCUT2D eigenvalue weighted by Crippen LogP contribution is 2.28. The Labute approximate surface area is 81.2 Å². The molecule has 4 heteroatoms. The number of hydrogen-bond acceptors (Lipinski definition) is 2. The van der Waals surface area contributed by atoms with Gasteiger partial charge in [0.2, 0.25) is 10.0 Å². The van der Waals surface area contributed by atoms with Gasteiger partial charge in [-0.3, -0.25) is 0 Å². The van der Waals surface area contributed by atoms with Crippen molar-refractivity contribution in [3.8, 4) is 0 Å². The van der Waals surface area contributed by atoms with Gasteiger partial charge in [0.25, 0.3) is 0 Å². The molecule has 0 amide bonds. The van der Waals surface area contributed by atoms with Crippen LogP contribution in [-0.2, 0) is 10.0 Å². The lowest BCUT2D eigenvalue weighted by atomic mass is 10.1. The molecular weight excluding hydrogens is 186 g/mol. The second kappa shape index (κ2) is 3.58. The van der Waals surface area contributed by atoms with Gasteiger partial charge in [-0.05, 0) is 26.2 Å². The predicted octanol–water partition coefficient (Wildman–Crippen LogP) is 1.45. The van der Waals surface area contributed by atoms with Gasteiger partial charge >= 0.3 is 0 Å². The number of sulfonamides is 1. The summed E-state index contributed by atoms with van der Waals surface area (Å²) in [5, 5.41) is -0.158. The summed E-state index contributed by atoms with van der Waals surface area (Å²) in [5.74, 6) is 0.230. The van der Waals surface area contributed by atoms with Crippen molar-refractivity contribution in [1.82, 2.24) is 4.31 Å². The van der Waals surface area contributed by atoms with Crippen molar-refractivity contribution < 1.29 is 8.42 Å². The zero-order valence-corrected chi connectivity index (χ0v) is 9.63. The van der Waals surface area contributed by atoms with Crippen LogP contribution in [0.25, 0.3) is 0 Å². The fourth-order valence-corrected chi connectivity index (χ4v) is 4.32. The molecule has 0 spiro atoms. The molecule has 0 radical (unpaired) electrons. The summed E-state index contributed by atoms with van der Waals surface area (Å²) in [4.78, 5) is 0. The van der Waals surface area contributed by atoms with Crippen LogP contribution in [0.4, 0.5) is 0 Å². The monoisotopic (exact) mass is 205 g/mol. The molecule has 0 aliphatic carbocycles. The molecule has 0 aromatic heterocycles. The smallest absolute Gasteiger partial charge is 0.212 e. The quantitative estimate of drug-likeness (QED) is 0.684. The topological polar surface area (TPSA) is 37.4 Å². The van der Waals surface area contributed by atoms with Gasteiger partial charge in [0, 0.05) is 12.6 Å². The predicted molar refractivity (Wildman–Crippen MR) is 54.0 cm³/mol. The first-order chi connectivity index (χ1) is 5.87. The van der Waals surface area contributed by atoms with Crippen LogP contribution in [0.5, 0.6) is 0 Å². The molecule has 0 aromatic rings. The van der Waals surface area contributed by atoms with Crippen molar-refractivity contribution in [3.05, 3.63) is 0 Å². The third kappa shape index (κ3) is 1.89. The summed E-state index contributed by atoms with van der Waals surface area (Å²) >= 11 is 0. The Morgan fingerprint density at radius 3 is 2.00 bits per heavy atom. The van der Waals surface area contributed by atoms with Crippen molar-refractivity contribution in [2.75, 3.05) is 6.54 Å². The van der Waals surface area contributed by atoms with Gasteiger partial charge in [-0.1, -0.05) is 13.8 Å². The van der Waals surface area contributed by atoms with Gasteiger partial charge in [0.05, 0.1) is 5.25 Å². The molecule has 3 nitrogen and oxygen atoms in total. The lowest BCUT2D eigenvalue weighted by Crippen LogP contribution is -2.36. The summed E-state index contributed by atoms with van der Waals surface area (Å²) in [6.45, 7) is 8.52. The first-order valence-electron chi connectivity index (χ1n) is 4.88. The molecule has 1 aliphatic rings. The molecule has 0 saturated carbocycles. The maximum Gasteiger partial charge on any atom is 0.217 e. The number of rotatable bonds is 2. The van der Waals surface area contributed by atoms with E-state index in [0.29, 0.717) is 6.54 Å². The largest absolute Gasteiger partial charge is 0.217 e. The van der Waals surface area contributed by atoms with E-state index in [2.05, 4.69) is 0 Å². The summed E-state index contributed by atoms with van der Waals surface area (Å²) in [6.07, 6.45) is 0.790. The van der Waals surface area contributed by atoms with E-state index < -0.39 is 10.0 Å². The minimum Gasteiger partial charge on any atom is -0.212 e. The van der Waals surface area contributed by atoms with E-state index in [1.807, 2.05) is 27.7 Å². The Morgan fingerprint density at radius 1 is 1.23 bits per heavy atom. The van der Waals surface area contributed by atoms with Crippen molar-refractivity contribution in [2.45, 2.75) is 45.4 Å². The second-order valence-electron chi connectivity index (χ2n) is 4.32. The molecular formula is C9H19NO2S. The molecule has 0 aromatic carbocycles. The van der Waals surface area contributed by atoms with Gasteiger partial charge in [-0.2, -0.15) is 4.31 Å². The van der Waals surface area contributed by atoms with Crippen LogP contribution in [0.1, 0.15) is 34.1 Å². The summed E-state index contributed by atoms with van der Waals surface area (Å²) in [5.41, 5.74) is 0. The molecule has 1 atom stereocenters. The van der Waals surface area contributed by atoms with Crippen LogP contribution in [0, 0.1) is 5.92 Å². The normalized spacial score (nSPS) is 28.9. The maximum absolute atomic E-state index is 11.9. The SMILES string of the molecule is CC(C)C1CCN(C(C)C)S1(=O)=O. The molecule has 13 heavy (non-hydrogen) atoms. The van der Waals surface area contributed by atoms with Crippen LogP contribution < -0.4 is 0 Å². The lowest BCUT2D eigenvalue weighted by Gasteiger charge is -2.21. The molecule has 78 valence electrons. The van der Waals surface area contributed by atoms with Crippen molar-refractivity contribution in [3.63, 3.8) is 0 Å². The summed E-state index contributed by atoms with van der Waals surface area (Å²) in [7, 11) is -2.99. The van der Waals surface area contributed by atoms with Gasteiger partial charge in [0.1, 0.15) is 0 Å². The Kier molecular flexibility index (Phi) is 3.02. The van der Waals surface area contributed by atoms with Gasteiger partial charge in [0.15, 0.2) is 0 Å². The third-order valence-electron chi connectivity index (χ3n) is 2.66. The average Bonchev–Trinajstić information content (AvgIpc) is 2.24. The molecule has 1 saturated heterocycles. The number of nitrogens with zero attached hydrogens (tertiary/aromatic N) is 1. The van der Waals surface area contributed by atoms with E-state index >= 15 is 0 Å². The van der Waals surface area contributed by atoms with Crippen LogP contribution in [0.2, 0.25) is 0 Å². The van der Waals surface area contributed by atoms with Crippen LogP contribution in [-0.4, -0.2) is 30.6 Å². The minimum atomic E-state index is -2.99. The lowest BCUT2D eigenvalue weighted by molar-refractivity contribution is 0.381. The molecule has 1 heterocycles. The zero-order valence-electron chi connectivity index (χ0n) is 8.82. The van der Waals surface area contributed by atoms with Crippen molar-refractivity contribution in [2.24, 2.45) is 5.92 Å². The first kappa shape index (κ1) is 11.0. The Balaban J connectivity index is 2.90. The second-order valence-corrected chi connectivity index (χ2v) is 6.43. The van der Waals surface area contributed by atoms with E-state index in [1.54, 1.807) is 4.31 Å². The Morgan fingerprint density at radius 2 is 1.77 bits per heavy atom. The Bertz CT molecular complexity index is 247. The molecule has 1 fully saturated rings. The van der Waals surface area contributed by atoms with Gasteiger partial charge in [-0.15, -0.1) is 0 Å². The molecule has 0 bridgehead atoms. The van der Waals surface area contributed by atoms with Gasteiger partial charge in [-0.25, -0.2) is 8.42 Å². The van der Waals surface area contributed by atoms with E-state index in [0.717, 1.165) is 6.42 Å². The highest BCUT2D eigenvalue weighted by molar-refractivity contribution is 7.90. The average molecular weight is 205 g/mol. The summed E-state index contributed by atoms with van der Waals surface area (Å²) < 4.78 is 25.4. The molecule has 0 N–H and O–H groups in total. The van der Waals surface area contributed by atoms with E-state index in [1.165, 1.54) is 0 Å². The minimum absolute atomic E-state index is 0.105. The fourth-order valence-electron chi connectivity index (χ4n) is 1.93. The van der Waals surface area contributed by atoms with Crippen LogP contribution in [0.15, 0.2) is 0 Å². The maximum atomic E-state index is 11.9. The highest BCUT2D eigenvalue weighted by Gasteiger charge is 2.41. The third-order valence-corrected chi connectivity index (χ3v) is 5.47. The highest BCUT2D eigenvalue weighted by atomic mass is 32.2. The Hall–Kier alpha value is -0.0900. The fraction of sp³-hybridized carbons (Fsp3) is 1.00. The summed E-state index contributed by atoms with van der Waals surface area (Å²) in [6, 6.07) is 0.105.